The molecule has 2 N–H and O–H groups in total. The number of hydrogen-bond acceptors (Lipinski definition) is 3. The minimum Gasteiger partial charge on any atom is -0.376 e. The summed E-state index contributed by atoms with van der Waals surface area (Å²) in [5, 5.41) is 5.71. The Hall–Kier alpha value is -2.82. The van der Waals surface area contributed by atoms with E-state index in [1.807, 2.05) is 29.2 Å². The van der Waals surface area contributed by atoms with Crippen molar-refractivity contribution in [2.75, 3.05) is 30.4 Å². The molecule has 2 aromatic rings. The Kier molecular flexibility index (Phi) is 4.79. The van der Waals surface area contributed by atoms with Crippen LogP contribution in [0.15, 0.2) is 48.5 Å². The molecule has 0 fully saturated rings. The largest absolute Gasteiger partial charge is 0.376 e. The van der Waals surface area contributed by atoms with Gasteiger partial charge in [-0.05, 0) is 42.7 Å². The molecule has 124 valence electrons. The van der Waals surface area contributed by atoms with Crippen LogP contribution in [0.1, 0.15) is 22.3 Å². The number of anilines is 2. The van der Waals surface area contributed by atoms with E-state index in [2.05, 4.69) is 16.7 Å². The van der Waals surface area contributed by atoms with Crippen molar-refractivity contribution in [2.24, 2.45) is 0 Å². The van der Waals surface area contributed by atoms with Crippen LogP contribution in [-0.2, 0) is 11.2 Å². The van der Waals surface area contributed by atoms with Crippen LogP contribution in [-0.4, -0.2) is 32.0 Å². The summed E-state index contributed by atoms with van der Waals surface area (Å²) in [6.07, 6.45) is 2.00. The lowest BCUT2D eigenvalue weighted by atomic mass is 10.0. The van der Waals surface area contributed by atoms with Crippen molar-refractivity contribution in [1.29, 1.82) is 0 Å². The first kappa shape index (κ1) is 16.1. The Morgan fingerprint density at radius 2 is 1.96 bits per heavy atom. The van der Waals surface area contributed by atoms with E-state index in [1.54, 1.807) is 25.2 Å². The SMILES string of the molecule is CNC(=O)c1cccc(NCC(=O)N2CCCc3ccccc32)c1. The molecule has 0 spiro atoms. The van der Waals surface area contributed by atoms with Crippen molar-refractivity contribution < 1.29 is 9.59 Å². The summed E-state index contributed by atoms with van der Waals surface area (Å²) in [4.78, 5) is 26.1. The molecule has 1 heterocycles. The lowest BCUT2D eigenvalue weighted by Gasteiger charge is -2.29. The summed E-state index contributed by atoms with van der Waals surface area (Å²) >= 11 is 0. The fraction of sp³-hybridized carbons (Fsp3) is 0.263. The summed E-state index contributed by atoms with van der Waals surface area (Å²) in [7, 11) is 1.60. The fourth-order valence-electron chi connectivity index (χ4n) is 2.98. The first-order chi connectivity index (χ1) is 11.7. The zero-order valence-electron chi connectivity index (χ0n) is 13.7. The highest BCUT2D eigenvalue weighted by atomic mass is 16.2. The molecule has 0 bridgehead atoms. The average molecular weight is 323 g/mol. The van der Waals surface area contributed by atoms with Crippen LogP contribution in [0.25, 0.3) is 0 Å². The topological polar surface area (TPSA) is 61.4 Å². The molecule has 0 radical (unpaired) electrons. The van der Waals surface area contributed by atoms with Crippen molar-refractivity contribution in [3.05, 3.63) is 59.7 Å². The maximum absolute atomic E-state index is 12.6. The van der Waals surface area contributed by atoms with Gasteiger partial charge in [-0.3, -0.25) is 9.59 Å². The van der Waals surface area contributed by atoms with E-state index >= 15 is 0 Å². The summed E-state index contributed by atoms with van der Waals surface area (Å²) in [5.41, 5.74) is 3.56. The van der Waals surface area contributed by atoms with Gasteiger partial charge in [-0.2, -0.15) is 0 Å². The van der Waals surface area contributed by atoms with E-state index < -0.39 is 0 Å². The molecule has 5 nitrogen and oxygen atoms in total. The van der Waals surface area contributed by atoms with E-state index in [0.29, 0.717) is 5.56 Å². The third kappa shape index (κ3) is 3.40. The number of nitrogens with one attached hydrogen (secondary N) is 2. The molecular formula is C19H21N3O2. The van der Waals surface area contributed by atoms with Crippen LogP contribution in [0.2, 0.25) is 0 Å². The second-order valence-electron chi connectivity index (χ2n) is 5.79. The number of aryl methyl sites for hydroxylation is 1. The molecule has 0 aliphatic carbocycles. The van der Waals surface area contributed by atoms with Crippen LogP contribution in [0.5, 0.6) is 0 Å². The first-order valence-corrected chi connectivity index (χ1v) is 8.13. The number of para-hydroxylation sites is 1. The average Bonchev–Trinajstić information content (AvgIpc) is 2.65. The predicted molar refractivity (Wildman–Crippen MR) is 95.4 cm³/mol. The summed E-state index contributed by atoms with van der Waals surface area (Å²) in [5.74, 6) is -0.109. The second-order valence-corrected chi connectivity index (χ2v) is 5.79. The van der Waals surface area contributed by atoms with E-state index in [0.717, 1.165) is 30.8 Å². The van der Waals surface area contributed by atoms with Crippen LogP contribution < -0.4 is 15.5 Å². The third-order valence-electron chi connectivity index (χ3n) is 4.21. The van der Waals surface area contributed by atoms with Gasteiger partial charge >= 0.3 is 0 Å². The van der Waals surface area contributed by atoms with Gasteiger partial charge in [0.25, 0.3) is 5.91 Å². The van der Waals surface area contributed by atoms with Crippen molar-refractivity contribution in [3.63, 3.8) is 0 Å². The normalized spacial score (nSPS) is 13.1. The van der Waals surface area contributed by atoms with Crippen LogP contribution in [0.4, 0.5) is 11.4 Å². The van der Waals surface area contributed by atoms with E-state index in [9.17, 15) is 9.59 Å². The number of hydrogen-bond donors (Lipinski definition) is 2. The van der Waals surface area contributed by atoms with Gasteiger partial charge in [0.2, 0.25) is 5.91 Å². The molecule has 0 saturated heterocycles. The Bertz CT molecular complexity index is 758. The molecule has 0 atom stereocenters. The fourth-order valence-corrected chi connectivity index (χ4v) is 2.98. The highest BCUT2D eigenvalue weighted by Crippen LogP contribution is 2.26. The van der Waals surface area contributed by atoms with Crippen LogP contribution in [0.3, 0.4) is 0 Å². The van der Waals surface area contributed by atoms with Gasteiger partial charge in [0.05, 0.1) is 6.54 Å². The Balaban J connectivity index is 1.68. The highest BCUT2D eigenvalue weighted by Gasteiger charge is 2.21. The molecule has 3 rings (SSSR count). The van der Waals surface area contributed by atoms with Crippen molar-refractivity contribution in [2.45, 2.75) is 12.8 Å². The van der Waals surface area contributed by atoms with Gasteiger partial charge < -0.3 is 15.5 Å². The van der Waals surface area contributed by atoms with Crippen molar-refractivity contribution in [1.82, 2.24) is 5.32 Å². The standard InChI is InChI=1S/C19H21N3O2/c1-20-19(24)15-7-4-9-16(12-15)21-13-18(23)22-11-5-8-14-6-2-3-10-17(14)22/h2-4,6-7,9-10,12,21H,5,8,11,13H2,1H3,(H,20,24). The van der Waals surface area contributed by atoms with Gasteiger partial charge in [0.1, 0.15) is 0 Å². The van der Waals surface area contributed by atoms with Crippen molar-refractivity contribution >= 4 is 23.2 Å². The minimum absolute atomic E-state index is 0.0347. The summed E-state index contributed by atoms with van der Waals surface area (Å²) < 4.78 is 0. The van der Waals surface area contributed by atoms with Gasteiger partial charge in [0.15, 0.2) is 0 Å². The Morgan fingerprint density at radius 1 is 1.12 bits per heavy atom. The number of amides is 2. The van der Waals surface area contributed by atoms with Gasteiger partial charge in [-0.25, -0.2) is 0 Å². The van der Waals surface area contributed by atoms with Gasteiger partial charge in [-0.15, -0.1) is 0 Å². The molecule has 0 aromatic heterocycles. The maximum atomic E-state index is 12.6. The number of benzene rings is 2. The number of fused-ring (bicyclic) bond motifs is 1. The minimum atomic E-state index is -0.144. The maximum Gasteiger partial charge on any atom is 0.251 e. The van der Waals surface area contributed by atoms with E-state index in [-0.39, 0.29) is 18.4 Å². The molecule has 1 aliphatic rings. The highest BCUT2D eigenvalue weighted by molar-refractivity contribution is 5.98. The third-order valence-corrected chi connectivity index (χ3v) is 4.21. The Labute approximate surface area is 141 Å². The van der Waals surface area contributed by atoms with Crippen LogP contribution >= 0.6 is 0 Å². The van der Waals surface area contributed by atoms with Gasteiger partial charge in [0, 0.05) is 30.5 Å². The molecule has 0 saturated carbocycles. The number of rotatable bonds is 4. The number of nitrogens with zero attached hydrogens (tertiary/aromatic N) is 1. The molecule has 2 aromatic carbocycles. The smallest absolute Gasteiger partial charge is 0.251 e. The lowest BCUT2D eigenvalue weighted by molar-refractivity contribution is -0.117. The molecular weight excluding hydrogens is 302 g/mol. The quantitative estimate of drug-likeness (QED) is 0.908. The number of carbonyl (C=O) groups is 2. The molecule has 0 unspecified atom stereocenters. The predicted octanol–water partition coefficient (Wildman–Crippen LogP) is 2.44. The first-order valence-electron chi connectivity index (χ1n) is 8.13. The van der Waals surface area contributed by atoms with Crippen molar-refractivity contribution in [3.8, 4) is 0 Å². The molecule has 5 heteroatoms. The van der Waals surface area contributed by atoms with Crippen LogP contribution in [0, 0.1) is 0 Å². The molecule has 2 amide bonds. The van der Waals surface area contributed by atoms with E-state index in [4.69, 9.17) is 0 Å². The monoisotopic (exact) mass is 323 g/mol. The zero-order valence-corrected chi connectivity index (χ0v) is 13.7. The zero-order chi connectivity index (χ0) is 16.9. The number of carbonyl (C=O) groups excluding carboxylic acids is 2. The van der Waals surface area contributed by atoms with E-state index in [1.165, 1.54) is 5.56 Å². The second kappa shape index (κ2) is 7.17. The Morgan fingerprint density at radius 3 is 2.79 bits per heavy atom. The van der Waals surface area contributed by atoms with Gasteiger partial charge in [-0.1, -0.05) is 24.3 Å². The molecule has 24 heavy (non-hydrogen) atoms. The summed E-state index contributed by atoms with van der Waals surface area (Å²) in [6.45, 7) is 0.946. The lowest BCUT2D eigenvalue weighted by Crippen LogP contribution is -2.39. The molecule has 1 aliphatic heterocycles. The summed E-state index contributed by atoms with van der Waals surface area (Å²) in [6, 6.07) is 15.2.